The summed E-state index contributed by atoms with van der Waals surface area (Å²) in [6, 6.07) is 4.55. The molecule has 1 aromatic carbocycles. The van der Waals surface area contributed by atoms with Crippen molar-refractivity contribution in [3.05, 3.63) is 34.9 Å². The van der Waals surface area contributed by atoms with Crippen LogP contribution in [0.15, 0.2) is 23.8 Å². The van der Waals surface area contributed by atoms with Crippen LogP contribution in [-0.4, -0.2) is 43.5 Å². The summed E-state index contributed by atoms with van der Waals surface area (Å²) in [5, 5.41) is 0. The molecule has 2 heterocycles. The number of ether oxygens (including phenoxy) is 2. The first-order chi connectivity index (χ1) is 10.7. The number of rotatable bonds is 1. The summed E-state index contributed by atoms with van der Waals surface area (Å²) in [5.74, 6) is 1.78. The summed E-state index contributed by atoms with van der Waals surface area (Å²) < 4.78 is 11.7. The average molecular weight is 297 g/mol. The predicted octanol–water partition coefficient (Wildman–Crippen LogP) is 1.85. The van der Waals surface area contributed by atoms with Crippen molar-refractivity contribution < 1.29 is 14.3 Å². The first kappa shape index (κ1) is 12.7. The van der Waals surface area contributed by atoms with E-state index in [9.17, 15) is 4.79 Å². The lowest BCUT2D eigenvalue weighted by molar-refractivity contribution is -0.128. The van der Waals surface area contributed by atoms with E-state index in [2.05, 4.69) is 24.1 Å². The molecule has 0 aromatic heterocycles. The van der Waals surface area contributed by atoms with Crippen molar-refractivity contribution in [3.63, 3.8) is 0 Å². The third kappa shape index (κ3) is 1.23. The Hall–Kier alpha value is -1.81. The first-order valence-electron chi connectivity index (χ1n) is 7.97. The van der Waals surface area contributed by atoms with Gasteiger partial charge in [-0.25, -0.2) is 0 Å². The quantitative estimate of drug-likeness (QED) is 0.742. The van der Waals surface area contributed by atoms with Crippen molar-refractivity contribution in [2.75, 3.05) is 20.7 Å². The van der Waals surface area contributed by atoms with Crippen LogP contribution in [0.25, 0.3) is 0 Å². The summed E-state index contributed by atoms with van der Waals surface area (Å²) in [6.45, 7) is 1.01. The number of piperidine rings is 1. The topological polar surface area (TPSA) is 38.8 Å². The summed E-state index contributed by atoms with van der Waals surface area (Å²) in [5.41, 5.74) is 3.73. The molecular weight excluding hydrogens is 278 g/mol. The van der Waals surface area contributed by atoms with Crippen LogP contribution in [0.5, 0.6) is 11.5 Å². The molecule has 1 spiro atoms. The van der Waals surface area contributed by atoms with Crippen molar-refractivity contribution >= 4 is 5.78 Å². The molecule has 1 fully saturated rings. The highest BCUT2D eigenvalue weighted by Crippen LogP contribution is 2.61. The van der Waals surface area contributed by atoms with E-state index in [-0.39, 0.29) is 17.3 Å². The normalized spacial score (nSPS) is 34.8. The molecule has 5 rings (SSSR count). The Morgan fingerprint density at radius 3 is 3.09 bits per heavy atom. The highest BCUT2D eigenvalue weighted by molar-refractivity contribution is 5.92. The van der Waals surface area contributed by atoms with Crippen molar-refractivity contribution in [3.8, 4) is 11.5 Å². The fourth-order valence-corrected chi connectivity index (χ4v) is 5.08. The van der Waals surface area contributed by atoms with Crippen molar-refractivity contribution in [2.45, 2.75) is 36.8 Å². The number of nitrogens with zero attached hydrogens (tertiary/aromatic N) is 1. The van der Waals surface area contributed by atoms with E-state index in [1.807, 2.05) is 6.07 Å². The fourth-order valence-electron chi connectivity index (χ4n) is 5.08. The van der Waals surface area contributed by atoms with Gasteiger partial charge in [-0.2, -0.15) is 0 Å². The number of carbonyl (C=O) groups is 1. The molecule has 1 aromatic rings. The highest BCUT2D eigenvalue weighted by atomic mass is 16.5. The molecule has 2 bridgehead atoms. The molecule has 4 heteroatoms. The van der Waals surface area contributed by atoms with E-state index in [0.29, 0.717) is 12.5 Å². The Morgan fingerprint density at radius 2 is 2.27 bits per heavy atom. The maximum atomic E-state index is 12.6. The van der Waals surface area contributed by atoms with Gasteiger partial charge < -0.3 is 9.47 Å². The number of likely N-dealkylation sites (tertiary alicyclic amines) is 1. The number of benzene rings is 1. The number of hydrogen-bond acceptors (Lipinski definition) is 4. The standard InChI is InChI=1S/C18H19NO3/c1-19-8-7-18-11-4-5-13(20)17(18)22-16-14(21-2)6-3-10(15(16)18)9-12(11)19/h3-4,6,12,17H,5,7-9H2,1-2H3/t12?,17-,18-/m0/s1. The second kappa shape index (κ2) is 3.93. The van der Waals surface area contributed by atoms with E-state index < -0.39 is 0 Å². The second-order valence-corrected chi connectivity index (χ2v) is 6.88. The summed E-state index contributed by atoms with van der Waals surface area (Å²) in [6.07, 6.45) is 4.28. The van der Waals surface area contributed by atoms with Crippen LogP contribution in [-0.2, 0) is 16.6 Å². The van der Waals surface area contributed by atoms with Gasteiger partial charge in [-0.05, 0) is 43.6 Å². The third-order valence-electron chi connectivity index (χ3n) is 6.05. The van der Waals surface area contributed by atoms with Crippen LogP contribution >= 0.6 is 0 Å². The lowest BCUT2D eigenvalue weighted by Gasteiger charge is -2.52. The van der Waals surface area contributed by atoms with Gasteiger partial charge in [0.2, 0.25) is 0 Å². The van der Waals surface area contributed by atoms with Gasteiger partial charge in [0.15, 0.2) is 23.4 Å². The van der Waals surface area contributed by atoms with Crippen LogP contribution in [0.3, 0.4) is 0 Å². The van der Waals surface area contributed by atoms with E-state index >= 15 is 0 Å². The zero-order valence-corrected chi connectivity index (χ0v) is 12.9. The summed E-state index contributed by atoms with van der Waals surface area (Å²) in [4.78, 5) is 15.0. The van der Waals surface area contributed by atoms with Gasteiger partial charge in [-0.1, -0.05) is 12.1 Å². The Morgan fingerprint density at radius 1 is 1.41 bits per heavy atom. The van der Waals surface area contributed by atoms with Crippen LogP contribution in [0.1, 0.15) is 24.0 Å². The molecule has 0 saturated carbocycles. The minimum absolute atomic E-state index is 0.207. The number of methoxy groups -OCH3 is 1. The predicted molar refractivity (Wildman–Crippen MR) is 81.5 cm³/mol. The van der Waals surface area contributed by atoms with Crippen LogP contribution in [0.4, 0.5) is 0 Å². The Kier molecular flexibility index (Phi) is 2.27. The number of allylic oxidation sites excluding steroid dienone is 1. The molecule has 1 unspecified atom stereocenters. The average Bonchev–Trinajstić information content (AvgIpc) is 2.88. The number of carbonyl (C=O) groups excluding carboxylic acids is 1. The van der Waals surface area contributed by atoms with Gasteiger partial charge in [-0.3, -0.25) is 9.69 Å². The molecule has 1 saturated heterocycles. The van der Waals surface area contributed by atoms with E-state index in [1.165, 1.54) is 16.7 Å². The molecule has 0 radical (unpaired) electrons. The third-order valence-corrected chi connectivity index (χ3v) is 6.05. The Bertz CT molecular complexity index is 738. The zero-order valence-electron chi connectivity index (χ0n) is 12.9. The van der Waals surface area contributed by atoms with Crippen LogP contribution < -0.4 is 9.47 Å². The maximum absolute atomic E-state index is 12.6. The van der Waals surface area contributed by atoms with Gasteiger partial charge in [0.05, 0.1) is 12.5 Å². The Labute approximate surface area is 129 Å². The lowest BCUT2D eigenvalue weighted by atomic mass is 9.56. The first-order valence-corrected chi connectivity index (χ1v) is 7.97. The minimum Gasteiger partial charge on any atom is -0.493 e. The molecule has 114 valence electrons. The maximum Gasteiger partial charge on any atom is 0.178 e. The van der Waals surface area contributed by atoms with Crippen molar-refractivity contribution in [2.24, 2.45) is 0 Å². The van der Waals surface area contributed by atoms with E-state index in [4.69, 9.17) is 9.47 Å². The SMILES string of the molecule is COc1ccc2c3c1O[C@H]1C(=O)CC=C4C(C2)N(C)CC[C@]431. The molecule has 2 aliphatic heterocycles. The number of likely N-dealkylation sites (N-methyl/N-ethyl adjacent to an activating group) is 1. The molecule has 4 aliphatic rings. The lowest BCUT2D eigenvalue weighted by Crippen LogP contribution is -2.60. The van der Waals surface area contributed by atoms with Gasteiger partial charge in [0.1, 0.15) is 0 Å². The second-order valence-electron chi connectivity index (χ2n) is 6.88. The highest BCUT2D eigenvalue weighted by Gasteiger charge is 2.62. The molecule has 2 aliphatic carbocycles. The number of ketones is 1. The smallest absolute Gasteiger partial charge is 0.178 e. The fraction of sp³-hybridized carbons (Fsp3) is 0.500. The van der Waals surface area contributed by atoms with Crippen molar-refractivity contribution in [1.82, 2.24) is 4.90 Å². The van der Waals surface area contributed by atoms with Gasteiger partial charge in [0.25, 0.3) is 0 Å². The van der Waals surface area contributed by atoms with Crippen LogP contribution in [0, 0.1) is 0 Å². The summed E-state index contributed by atoms with van der Waals surface area (Å²) >= 11 is 0. The monoisotopic (exact) mass is 297 g/mol. The van der Waals surface area contributed by atoms with Gasteiger partial charge in [0, 0.05) is 18.0 Å². The van der Waals surface area contributed by atoms with Crippen molar-refractivity contribution in [1.29, 1.82) is 0 Å². The molecule has 0 amide bonds. The minimum atomic E-state index is -0.353. The van der Waals surface area contributed by atoms with Gasteiger partial charge >= 0.3 is 0 Å². The molecule has 3 atom stereocenters. The van der Waals surface area contributed by atoms with E-state index in [1.54, 1.807) is 7.11 Å². The molecule has 0 N–H and O–H groups in total. The Balaban J connectivity index is 1.86. The molecule has 22 heavy (non-hydrogen) atoms. The summed E-state index contributed by atoms with van der Waals surface area (Å²) in [7, 11) is 3.86. The number of hydrogen-bond donors (Lipinski definition) is 0. The number of Topliss-reactive ketones (excluding diaryl/α,β-unsaturated/α-hetero) is 1. The zero-order chi connectivity index (χ0) is 15.1. The van der Waals surface area contributed by atoms with Crippen LogP contribution in [0.2, 0.25) is 0 Å². The van der Waals surface area contributed by atoms with Gasteiger partial charge in [-0.15, -0.1) is 0 Å². The molecule has 4 nitrogen and oxygen atoms in total. The largest absolute Gasteiger partial charge is 0.493 e. The molecular formula is C18H19NO3. The van der Waals surface area contributed by atoms with E-state index in [0.717, 1.165) is 30.9 Å².